The number of hydrogen-bond donors (Lipinski definition) is 2. The van der Waals surface area contributed by atoms with Crippen LogP contribution in [0, 0.1) is 5.92 Å². The number of carbonyl (C=O) groups excluding carboxylic acids is 1. The molecule has 2 aliphatic heterocycles. The normalized spacial score (nSPS) is 22.7. The molecule has 8 nitrogen and oxygen atoms in total. The molecule has 0 spiro atoms. The van der Waals surface area contributed by atoms with Crippen LogP contribution < -0.4 is 10.6 Å². The summed E-state index contributed by atoms with van der Waals surface area (Å²) in [5.41, 5.74) is 0. The number of guanidine groups is 1. The minimum absolute atomic E-state index is 0.0581. The molecule has 2 N–H and O–H groups in total. The van der Waals surface area contributed by atoms with Crippen LogP contribution in [0.4, 0.5) is 0 Å². The van der Waals surface area contributed by atoms with Gasteiger partial charge in [0, 0.05) is 59.9 Å². The minimum Gasteiger partial charge on any atom is -0.379 e. The predicted molar refractivity (Wildman–Crippen MR) is 118 cm³/mol. The number of nitrogens with one attached hydrogen (secondary N) is 2. The summed E-state index contributed by atoms with van der Waals surface area (Å²) in [5.74, 6) is 1.65. The van der Waals surface area contributed by atoms with E-state index in [0.717, 1.165) is 77.7 Å². The molecule has 8 heteroatoms. The van der Waals surface area contributed by atoms with Gasteiger partial charge in [0.25, 0.3) is 0 Å². The smallest absolute Gasteiger partial charge is 0.239 e. The number of morpholine rings is 1. The molecule has 0 aromatic rings. The van der Waals surface area contributed by atoms with Crippen LogP contribution in [0.3, 0.4) is 0 Å². The molecule has 168 valence electrons. The Morgan fingerprint density at radius 2 is 1.93 bits per heavy atom. The van der Waals surface area contributed by atoms with Crippen molar-refractivity contribution in [2.75, 3.05) is 73.6 Å². The first-order valence-corrected chi connectivity index (χ1v) is 11.2. The summed E-state index contributed by atoms with van der Waals surface area (Å²) >= 11 is 0. The summed E-state index contributed by atoms with van der Waals surface area (Å²) in [7, 11) is 5.51. The standard InChI is InChI=1S/C21H42N6O2/c1-17(2)19(27-12-14-29-15-13-27)16-24-21(22-3)23-9-7-11-26-10-6-8-18(26)20(28)25(4)5/h17-19H,6-16H2,1-5H3,(H2,22,23,24). The Morgan fingerprint density at radius 3 is 2.55 bits per heavy atom. The molecule has 2 heterocycles. The summed E-state index contributed by atoms with van der Waals surface area (Å²) in [4.78, 5) is 23.2. The van der Waals surface area contributed by atoms with E-state index in [0.29, 0.717) is 12.0 Å². The average molecular weight is 411 g/mol. The maximum atomic E-state index is 12.3. The molecule has 29 heavy (non-hydrogen) atoms. The van der Waals surface area contributed by atoms with Gasteiger partial charge in [-0.15, -0.1) is 0 Å². The Hall–Kier alpha value is -1.38. The van der Waals surface area contributed by atoms with E-state index in [-0.39, 0.29) is 11.9 Å². The molecular weight excluding hydrogens is 368 g/mol. The first kappa shape index (κ1) is 23.9. The summed E-state index contributed by atoms with van der Waals surface area (Å²) in [6, 6.07) is 0.530. The topological polar surface area (TPSA) is 72.4 Å². The van der Waals surface area contributed by atoms with Crippen LogP contribution in [0.1, 0.15) is 33.1 Å². The fourth-order valence-electron chi connectivity index (χ4n) is 4.28. The second kappa shape index (κ2) is 12.3. The number of likely N-dealkylation sites (tertiary alicyclic amines) is 1. The second-order valence-electron chi connectivity index (χ2n) is 8.62. The number of amides is 1. The lowest BCUT2D eigenvalue weighted by Gasteiger charge is -2.37. The highest BCUT2D eigenvalue weighted by atomic mass is 16.5. The first-order valence-electron chi connectivity index (χ1n) is 11.2. The van der Waals surface area contributed by atoms with Gasteiger partial charge in [-0.3, -0.25) is 19.6 Å². The average Bonchev–Trinajstić information content (AvgIpc) is 3.18. The van der Waals surface area contributed by atoms with Crippen molar-refractivity contribution < 1.29 is 9.53 Å². The van der Waals surface area contributed by atoms with Crippen molar-refractivity contribution in [3.8, 4) is 0 Å². The molecule has 0 aliphatic carbocycles. The molecule has 2 unspecified atom stereocenters. The van der Waals surface area contributed by atoms with Crippen LogP contribution in [-0.4, -0.2) is 112 Å². The number of rotatable bonds is 9. The molecule has 2 aliphatic rings. The number of aliphatic imine (C=N–C) groups is 1. The van der Waals surface area contributed by atoms with Crippen molar-refractivity contribution >= 4 is 11.9 Å². The second-order valence-corrected chi connectivity index (χ2v) is 8.62. The number of nitrogens with zero attached hydrogens (tertiary/aromatic N) is 4. The SMILES string of the molecule is CN=C(NCCCN1CCCC1C(=O)N(C)C)NCC(C(C)C)N1CCOCC1. The Kier molecular flexibility index (Phi) is 10.2. The van der Waals surface area contributed by atoms with Gasteiger partial charge in [-0.2, -0.15) is 0 Å². The van der Waals surface area contributed by atoms with Crippen molar-refractivity contribution in [1.82, 2.24) is 25.3 Å². The van der Waals surface area contributed by atoms with Gasteiger partial charge in [0.05, 0.1) is 19.3 Å². The summed E-state index contributed by atoms with van der Waals surface area (Å²) in [6.07, 6.45) is 3.08. The summed E-state index contributed by atoms with van der Waals surface area (Å²) < 4.78 is 5.49. The van der Waals surface area contributed by atoms with Crippen LogP contribution in [0.5, 0.6) is 0 Å². The Labute approximate surface area is 177 Å². The highest BCUT2D eigenvalue weighted by Gasteiger charge is 2.31. The van der Waals surface area contributed by atoms with E-state index in [1.807, 2.05) is 21.1 Å². The molecular formula is C21H42N6O2. The van der Waals surface area contributed by atoms with Gasteiger partial charge in [-0.25, -0.2) is 0 Å². The van der Waals surface area contributed by atoms with Gasteiger partial charge in [0.1, 0.15) is 0 Å². The lowest BCUT2D eigenvalue weighted by Crippen LogP contribution is -2.52. The van der Waals surface area contributed by atoms with E-state index in [2.05, 4.69) is 39.3 Å². The van der Waals surface area contributed by atoms with Gasteiger partial charge in [0.15, 0.2) is 5.96 Å². The molecule has 0 bridgehead atoms. The maximum absolute atomic E-state index is 12.3. The highest BCUT2D eigenvalue weighted by Crippen LogP contribution is 2.18. The fourth-order valence-corrected chi connectivity index (χ4v) is 4.28. The number of hydrogen-bond acceptors (Lipinski definition) is 5. The van der Waals surface area contributed by atoms with E-state index in [1.54, 1.807) is 4.90 Å². The van der Waals surface area contributed by atoms with Crippen molar-refractivity contribution in [2.24, 2.45) is 10.9 Å². The van der Waals surface area contributed by atoms with E-state index in [4.69, 9.17) is 4.74 Å². The summed E-state index contributed by atoms with van der Waals surface area (Å²) in [5, 5.41) is 6.93. The minimum atomic E-state index is 0.0581. The monoisotopic (exact) mass is 410 g/mol. The molecule has 2 saturated heterocycles. The Balaban J connectivity index is 1.71. The van der Waals surface area contributed by atoms with Crippen molar-refractivity contribution in [3.63, 3.8) is 0 Å². The Bertz CT molecular complexity index is 519. The molecule has 2 fully saturated rings. The van der Waals surface area contributed by atoms with Crippen molar-refractivity contribution in [2.45, 2.75) is 45.2 Å². The maximum Gasteiger partial charge on any atom is 0.239 e. The van der Waals surface area contributed by atoms with Crippen LogP contribution in [0.25, 0.3) is 0 Å². The lowest BCUT2D eigenvalue weighted by atomic mass is 10.0. The van der Waals surface area contributed by atoms with Crippen LogP contribution in [0.15, 0.2) is 4.99 Å². The third-order valence-corrected chi connectivity index (χ3v) is 5.99. The predicted octanol–water partition coefficient (Wildman–Crippen LogP) is 0.451. The van der Waals surface area contributed by atoms with E-state index in [9.17, 15) is 4.79 Å². The van der Waals surface area contributed by atoms with Crippen LogP contribution in [0.2, 0.25) is 0 Å². The van der Waals surface area contributed by atoms with E-state index >= 15 is 0 Å². The number of likely N-dealkylation sites (N-methyl/N-ethyl adjacent to an activating group) is 1. The lowest BCUT2D eigenvalue weighted by molar-refractivity contribution is -0.133. The Morgan fingerprint density at radius 1 is 1.21 bits per heavy atom. The third kappa shape index (κ3) is 7.42. The van der Waals surface area contributed by atoms with Gasteiger partial charge in [0.2, 0.25) is 5.91 Å². The summed E-state index contributed by atoms with van der Waals surface area (Å²) in [6.45, 7) is 11.9. The first-order chi connectivity index (χ1) is 13.9. The quantitative estimate of drug-likeness (QED) is 0.327. The third-order valence-electron chi connectivity index (χ3n) is 5.99. The van der Waals surface area contributed by atoms with Gasteiger partial charge < -0.3 is 20.3 Å². The van der Waals surface area contributed by atoms with E-state index < -0.39 is 0 Å². The van der Waals surface area contributed by atoms with Gasteiger partial charge >= 0.3 is 0 Å². The van der Waals surface area contributed by atoms with Crippen LogP contribution >= 0.6 is 0 Å². The molecule has 0 radical (unpaired) electrons. The zero-order valence-corrected chi connectivity index (χ0v) is 19.1. The molecule has 0 aromatic carbocycles. The zero-order valence-electron chi connectivity index (χ0n) is 19.1. The molecule has 0 saturated carbocycles. The zero-order chi connectivity index (χ0) is 21.2. The van der Waals surface area contributed by atoms with E-state index in [1.165, 1.54) is 0 Å². The van der Waals surface area contributed by atoms with Gasteiger partial charge in [-0.05, 0) is 31.7 Å². The van der Waals surface area contributed by atoms with Crippen LogP contribution in [-0.2, 0) is 9.53 Å². The fraction of sp³-hybridized carbons (Fsp3) is 0.905. The number of ether oxygens (including phenoxy) is 1. The molecule has 1 amide bonds. The highest BCUT2D eigenvalue weighted by molar-refractivity contribution is 5.81. The largest absolute Gasteiger partial charge is 0.379 e. The van der Waals surface area contributed by atoms with Gasteiger partial charge in [-0.1, -0.05) is 13.8 Å². The van der Waals surface area contributed by atoms with Crippen molar-refractivity contribution in [1.29, 1.82) is 0 Å². The molecule has 0 aromatic heterocycles. The van der Waals surface area contributed by atoms with Crippen molar-refractivity contribution in [3.05, 3.63) is 0 Å². The molecule has 2 rings (SSSR count). The number of carbonyl (C=O) groups is 1. The molecule has 2 atom stereocenters.